The predicted octanol–water partition coefficient (Wildman–Crippen LogP) is 1.78. The van der Waals surface area contributed by atoms with E-state index in [9.17, 15) is 4.79 Å². The van der Waals surface area contributed by atoms with Crippen molar-refractivity contribution in [2.45, 2.75) is 38.8 Å². The molecule has 0 spiro atoms. The maximum Gasteiger partial charge on any atom is 0.239 e. The van der Waals surface area contributed by atoms with Crippen molar-refractivity contribution in [3.05, 3.63) is 29.8 Å². The quantitative estimate of drug-likeness (QED) is 0.307. The Morgan fingerprint density at radius 2 is 1.93 bits per heavy atom. The Hall–Kier alpha value is -1.55. The van der Waals surface area contributed by atoms with E-state index in [4.69, 9.17) is 0 Å². The van der Waals surface area contributed by atoms with E-state index in [-0.39, 0.29) is 29.9 Å². The molecular formula is C21H35IN6O. The monoisotopic (exact) mass is 514 g/mol. The van der Waals surface area contributed by atoms with Crippen LogP contribution in [0.15, 0.2) is 29.3 Å². The summed E-state index contributed by atoms with van der Waals surface area (Å²) < 4.78 is 0. The lowest BCUT2D eigenvalue weighted by molar-refractivity contribution is -0.120. The first-order chi connectivity index (χ1) is 13.7. The van der Waals surface area contributed by atoms with Gasteiger partial charge in [0.05, 0.1) is 6.54 Å². The van der Waals surface area contributed by atoms with E-state index in [1.54, 1.807) is 0 Å². The molecule has 0 atom stereocenters. The number of halogens is 1. The topological polar surface area (TPSA) is 72.0 Å². The molecule has 2 aliphatic heterocycles. The van der Waals surface area contributed by atoms with Crippen LogP contribution in [0.5, 0.6) is 0 Å². The number of carbonyl (C=O) groups excluding carboxylic acids is 1. The standard InChI is InChI=1S/C21H34N6O.HI/c1-3-11-26-12-8-18(9-13-26)25-21(22-2)24-15-17-4-6-19(7-5-17)27-14-10-23-20(28)16-27;/h4-7,18H,3,8-16H2,1-2H3,(H,23,28)(H2,22,24,25);1H. The maximum atomic E-state index is 11.6. The van der Waals surface area contributed by atoms with Crippen molar-refractivity contribution in [1.82, 2.24) is 20.9 Å². The highest BCUT2D eigenvalue weighted by Gasteiger charge is 2.19. The third-order valence-electron chi connectivity index (χ3n) is 5.49. The molecule has 0 saturated carbocycles. The second-order valence-electron chi connectivity index (χ2n) is 7.62. The second-order valence-corrected chi connectivity index (χ2v) is 7.62. The van der Waals surface area contributed by atoms with Gasteiger partial charge < -0.3 is 25.8 Å². The molecule has 2 heterocycles. The Kier molecular flexibility index (Phi) is 9.99. The molecule has 0 bridgehead atoms. The van der Waals surface area contributed by atoms with Crippen LogP contribution in [0.3, 0.4) is 0 Å². The normalized spacial score (nSPS) is 18.8. The minimum absolute atomic E-state index is 0. The molecular weight excluding hydrogens is 479 g/mol. The summed E-state index contributed by atoms with van der Waals surface area (Å²) in [5.74, 6) is 0.957. The van der Waals surface area contributed by atoms with E-state index in [2.05, 4.69) is 61.9 Å². The molecule has 1 aromatic rings. The molecule has 0 radical (unpaired) electrons. The first kappa shape index (κ1) is 23.7. The van der Waals surface area contributed by atoms with Gasteiger partial charge in [-0.3, -0.25) is 9.79 Å². The second kappa shape index (κ2) is 12.2. The smallest absolute Gasteiger partial charge is 0.239 e. The highest BCUT2D eigenvalue weighted by molar-refractivity contribution is 14.0. The van der Waals surface area contributed by atoms with Gasteiger partial charge in [0.2, 0.25) is 5.91 Å². The molecule has 0 unspecified atom stereocenters. The Morgan fingerprint density at radius 3 is 2.55 bits per heavy atom. The van der Waals surface area contributed by atoms with Gasteiger partial charge in [0.1, 0.15) is 0 Å². The Morgan fingerprint density at radius 1 is 1.21 bits per heavy atom. The number of carbonyl (C=O) groups is 1. The molecule has 162 valence electrons. The summed E-state index contributed by atoms with van der Waals surface area (Å²) in [6, 6.07) is 8.91. The van der Waals surface area contributed by atoms with Crippen LogP contribution < -0.4 is 20.9 Å². The van der Waals surface area contributed by atoms with Crippen LogP contribution in [-0.2, 0) is 11.3 Å². The van der Waals surface area contributed by atoms with Crippen molar-refractivity contribution in [3.8, 4) is 0 Å². The number of likely N-dealkylation sites (tertiary alicyclic amines) is 1. The average molecular weight is 514 g/mol. The van der Waals surface area contributed by atoms with E-state index in [0.717, 1.165) is 24.7 Å². The van der Waals surface area contributed by atoms with E-state index < -0.39 is 0 Å². The van der Waals surface area contributed by atoms with Gasteiger partial charge in [-0.2, -0.15) is 0 Å². The summed E-state index contributed by atoms with van der Waals surface area (Å²) in [5, 5.41) is 9.85. The van der Waals surface area contributed by atoms with Gasteiger partial charge in [-0.05, 0) is 43.5 Å². The fraction of sp³-hybridized carbons (Fsp3) is 0.619. The van der Waals surface area contributed by atoms with E-state index in [0.29, 0.717) is 19.1 Å². The molecule has 1 aromatic carbocycles. The van der Waals surface area contributed by atoms with Crippen molar-refractivity contribution < 1.29 is 4.79 Å². The number of nitrogens with zero attached hydrogens (tertiary/aromatic N) is 3. The van der Waals surface area contributed by atoms with E-state index in [1.165, 1.54) is 44.5 Å². The molecule has 29 heavy (non-hydrogen) atoms. The number of hydrogen-bond acceptors (Lipinski definition) is 4. The van der Waals surface area contributed by atoms with Crippen LogP contribution in [0.25, 0.3) is 0 Å². The summed E-state index contributed by atoms with van der Waals surface area (Å²) in [4.78, 5) is 20.6. The van der Waals surface area contributed by atoms with Gasteiger partial charge in [0.15, 0.2) is 5.96 Å². The summed E-state index contributed by atoms with van der Waals surface area (Å²) >= 11 is 0. The fourth-order valence-electron chi connectivity index (χ4n) is 3.87. The van der Waals surface area contributed by atoms with Crippen LogP contribution in [0.2, 0.25) is 0 Å². The predicted molar refractivity (Wildman–Crippen MR) is 130 cm³/mol. The van der Waals surface area contributed by atoms with E-state index >= 15 is 0 Å². The number of piperazine rings is 1. The third kappa shape index (κ3) is 7.33. The van der Waals surface area contributed by atoms with Crippen molar-refractivity contribution in [2.75, 3.05) is 51.2 Å². The fourth-order valence-corrected chi connectivity index (χ4v) is 3.87. The SMILES string of the molecule is CCCN1CCC(NC(=NC)NCc2ccc(N3CCNC(=O)C3)cc2)CC1.I. The summed E-state index contributed by atoms with van der Waals surface area (Å²) in [6.45, 7) is 8.51. The molecule has 2 saturated heterocycles. The van der Waals surface area contributed by atoms with Crippen LogP contribution in [0, 0.1) is 0 Å². The zero-order chi connectivity index (χ0) is 19.8. The number of aliphatic imine (C=N–C) groups is 1. The Balaban J connectivity index is 0.00000300. The molecule has 1 amide bonds. The molecule has 3 N–H and O–H groups in total. The van der Waals surface area contributed by atoms with Gasteiger partial charge in [0.25, 0.3) is 0 Å². The van der Waals surface area contributed by atoms with Gasteiger partial charge in [-0.25, -0.2) is 0 Å². The molecule has 0 aliphatic carbocycles. The summed E-state index contributed by atoms with van der Waals surface area (Å²) in [5.41, 5.74) is 2.30. The molecule has 7 nitrogen and oxygen atoms in total. The van der Waals surface area contributed by atoms with Crippen LogP contribution in [0.4, 0.5) is 5.69 Å². The number of nitrogens with one attached hydrogen (secondary N) is 3. The van der Waals surface area contributed by atoms with Crippen molar-refractivity contribution in [3.63, 3.8) is 0 Å². The van der Waals surface area contributed by atoms with Crippen molar-refractivity contribution in [1.29, 1.82) is 0 Å². The minimum Gasteiger partial charge on any atom is -0.360 e. The van der Waals surface area contributed by atoms with Gasteiger partial charge in [0, 0.05) is 51.5 Å². The van der Waals surface area contributed by atoms with Gasteiger partial charge in [-0.15, -0.1) is 24.0 Å². The Labute approximate surface area is 191 Å². The summed E-state index contributed by atoms with van der Waals surface area (Å²) in [6.07, 6.45) is 3.56. The van der Waals surface area contributed by atoms with Crippen molar-refractivity contribution >= 4 is 41.5 Å². The van der Waals surface area contributed by atoms with E-state index in [1.807, 2.05) is 7.05 Å². The molecule has 2 fully saturated rings. The number of benzene rings is 1. The average Bonchev–Trinajstić information content (AvgIpc) is 2.73. The van der Waals surface area contributed by atoms with Crippen molar-refractivity contribution in [2.24, 2.45) is 4.99 Å². The number of hydrogen-bond donors (Lipinski definition) is 3. The van der Waals surface area contributed by atoms with Crippen LogP contribution in [0.1, 0.15) is 31.7 Å². The molecule has 8 heteroatoms. The highest BCUT2D eigenvalue weighted by Crippen LogP contribution is 2.16. The molecule has 3 rings (SSSR count). The lowest BCUT2D eigenvalue weighted by Gasteiger charge is -2.32. The van der Waals surface area contributed by atoms with Gasteiger partial charge >= 0.3 is 0 Å². The largest absolute Gasteiger partial charge is 0.360 e. The third-order valence-corrected chi connectivity index (χ3v) is 5.49. The maximum absolute atomic E-state index is 11.6. The number of piperidine rings is 1. The zero-order valence-corrected chi connectivity index (χ0v) is 19.9. The molecule has 2 aliphatic rings. The van der Waals surface area contributed by atoms with Crippen LogP contribution >= 0.6 is 24.0 Å². The lowest BCUT2D eigenvalue weighted by atomic mass is 10.1. The zero-order valence-electron chi connectivity index (χ0n) is 17.6. The number of anilines is 1. The van der Waals surface area contributed by atoms with Crippen LogP contribution in [-0.4, -0.2) is 69.1 Å². The van der Waals surface area contributed by atoms with Gasteiger partial charge in [-0.1, -0.05) is 19.1 Å². The minimum atomic E-state index is 0. The number of rotatable bonds is 6. The first-order valence-corrected chi connectivity index (χ1v) is 10.5. The highest BCUT2D eigenvalue weighted by atomic mass is 127. The lowest BCUT2D eigenvalue weighted by Crippen LogP contribution is -2.48. The number of guanidine groups is 1. The first-order valence-electron chi connectivity index (χ1n) is 10.5. The Bertz CT molecular complexity index is 658. The summed E-state index contributed by atoms with van der Waals surface area (Å²) in [7, 11) is 1.83. The molecule has 0 aromatic heterocycles. The number of amides is 1.